The van der Waals surface area contributed by atoms with Crippen molar-refractivity contribution in [3.63, 3.8) is 0 Å². The highest BCUT2D eigenvalue weighted by molar-refractivity contribution is 5.45. The van der Waals surface area contributed by atoms with Gasteiger partial charge in [0.1, 0.15) is 70.7 Å². The van der Waals surface area contributed by atoms with Crippen molar-refractivity contribution in [2.24, 2.45) is 0 Å². The van der Waals surface area contributed by atoms with Gasteiger partial charge in [-0.25, -0.2) is 0 Å². The molecule has 0 saturated carbocycles. The fraction of sp³-hybridized carbons (Fsp3) is 0.0667. The highest BCUT2D eigenvalue weighted by atomic mass is 16.5. The summed E-state index contributed by atoms with van der Waals surface area (Å²) in [6.45, 7) is 2.60. The molecule has 0 N–H and O–H groups in total. The fourth-order valence-electron chi connectivity index (χ4n) is 5.38. The van der Waals surface area contributed by atoms with Crippen LogP contribution in [0.5, 0.6) is 57.5 Å². The van der Waals surface area contributed by atoms with Crippen molar-refractivity contribution in [2.75, 3.05) is 0 Å². The lowest BCUT2D eigenvalue weighted by Crippen LogP contribution is -2.00. The van der Waals surface area contributed by atoms with Gasteiger partial charge in [0, 0.05) is 18.2 Å². The summed E-state index contributed by atoms with van der Waals surface area (Å²) in [4.78, 5) is 0. The van der Waals surface area contributed by atoms with Crippen molar-refractivity contribution >= 4 is 0 Å². The maximum absolute atomic E-state index is 6.32. The normalized spacial score (nSPS) is 10.6. The van der Waals surface area contributed by atoms with E-state index in [2.05, 4.69) is 0 Å². The van der Waals surface area contributed by atoms with E-state index in [1.54, 1.807) is 0 Å². The van der Waals surface area contributed by atoms with E-state index in [4.69, 9.17) is 28.4 Å². The van der Waals surface area contributed by atoms with Gasteiger partial charge in [0.2, 0.25) is 0 Å². The van der Waals surface area contributed by atoms with E-state index < -0.39 is 0 Å². The van der Waals surface area contributed by atoms with Crippen LogP contribution < -0.4 is 28.4 Å². The minimum Gasteiger partial charge on any atom is -0.489 e. The van der Waals surface area contributed by atoms with Crippen LogP contribution in [-0.4, -0.2) is 0 Å². The Bertz CT molecular complexity index is 1880. The van der Waals surface area contributed by atoms with E-state index in [1.807, 2.05) is 183 Å². The van der Waals surface area contributed by atoms with Crippen LogP contribution in [0.15, 0.2) is 176 Å². The Hall–Kier alpha value is -6.66. The largest absolute Gasteiger partial charge is 0.489 e. The van der Waals surface area contributed by atoms with Gasteiger partial charge in [-0.1, -0.05) is 72.8 Å². The summed E-state index contributed by atoms with van der Waals surface area (Å²) in [5, 5.41) is 0. The topological polar surface area (TPSA) is 55.4 Å². The molecule has 0 unspecified atom stereocenters. The molecule has 0 saturated heterocycles. The zero-order chi connectivity index (χ0) is 34.7. The molecule has 7 aromatic rings. The van der Waals surface area contributed by atoms with Crippen LogP contribution in [0.25, 0.3) is 0 Å². The second-order valence-corrected chi connectivity index (χ2v) is 11.8. The molecule has 7 rings (SSSR count). The minimum atomic E-state index is 0.291. The van der Waals surface area contributed by atoms with Gasteiger partial charge in [-0.15, -0.1) is 0 Å². The lowest BCUT2D eigenvalue weighted by molar-refractivity contribution is 0.288. The van der Waals surface area contributed by atoms with Gasteiger partial charge in [-0.05, 0) is 109 Å². The quantitative estimate of drug-likeness (QED) is 0.115. The van der Waals surface area contributed by atoms with Gasteiger partial charge >= 0.3 is 0 Å². The molecule has 6 heteroatoms. The highest BCUT2D eigenvalue weighted by Crippen LogP contribution is 2.33. The first-order valence-corrected chi connectivity index (χ1v) is 16.7. The second-order valence-electron chi connectivity index (χ2n) is 11.8. The molecule has 0 bridgehead atoms. The van der Waals surface area contributed by atoms with Crippen molar-refractivity contribution in [1.82, 2.24) is 0 Å². The standard InChI is InChI=1S/C45H36O6/c1-33-22-40(46-31-34-24-42(48-36-14-6-2-7-15-36)29-43(25-34)49-37-16-8-3-9-17-37)28-41(23-33)47-32-35-26-44(50-38-18-10-4-11-19-38)30-45(27-35)51-39-20-12-5-13-21-39/h2-30H,31-32H2,1H3. The van der Waals surface area contributed by atoms with Crippen LogP contribution in [0.3, 0.4) is 0 Å². The Balaban J connectivity index is 1.07. The molecular formula is C45H36O6. The first-order chi connectivity index (χ1) is 25.1. The maximum atomic E-state index is 6.32. The van der Waals surface area contributed by atoms with Crippen molar-refractivity contribution in [1.29, 1.82) is 0 Å². The van der Waals surface area contributed by atoms with Crippen molar-refractivity contribution in [2.45, 2.75) is 20.1 Å². The molecule has 0 aliphatic rings. The first kappa shape index (κ1) is 32.9. The van der Waals surface area contributed by atoms with Gasteiger partial charge in [0.05, 0.1) is 0 Å². The zero-order valence-corrected chi connectivity index (χ0v) is 28.1. The average Bonchev–Trinajstić information content (AvgIpc) is 3.15. The molecule has 0 fully saturated rings. The zero-order valence-electron chi connectivity index (χ0n) is 28.1. The highest BCUT2D eigenvalue weighted by Gasteiger charge is 2.10. The third kappa shape index (κ3) is 9.71. The van der Waals surface area contributed by atoms with Gasteiger partial charge in [-0.2, -0.15) is 0 Å². The SMILES string of the molecule is Cc1cc(OCc2cc(Oc3ccccc3)cc(Oc3ccccc3)c2)cc(OCc2cc(Oc3ccccc3)cc(Oc3ccccc3)c2)c1. The molecule has 51 heavy (non-hydrogen) atoms. The summed E-state index contributed by atoms with van der Waals surface area (Å²) in [5.41, 5.74) is 2.78. The van der Waals surface area contributed by atoms with Crippen molar-refractivity contribution in [3.8, 4) is 57.5 Å². The Kier molecular flexibility index (Phi) is 10.4. The number of rotatable bonds is 14. The summed E-state index contributed by atoms with van der Waals surface area (Å²) in [5.74, 6) is 6.89. The number of hydrogen-bond donors (Lipinski definition) is 0. The fourth-order valence-corrected chi connectivity index (χ4v) is 5.38. The van der Waals surface area contributed by atoms with Crippen LogP contribution in [0.1, 0.15) is 16.7 Å². The van der Waals surface area contributed by atoms with Crippen molar-refractivity contribution in [3.05, 3.63) is 193 Å². The predicted molar refractivity (Wildman–Crippen MR) is 199 cm³/mol. The molecule has 0 heterocycles. The third-order valence-corrected chi connectivity index (χ3v) is 7.63. The Labute approximate surface area is 298 Å². The van der Waals surface area contributed by atoms with Gasteiger partial charge in [0.25, 0.3) is 0 Å². The number of hydrogen-bond acceptors (Lipinski definition) is 6. The molecule has 0 atom stereocenters. The molecule has 0 aromatic heterocycles. The molecule has 0 spiro atoms. The van der Waals surface area contributed by atoms with Crippen LogP contribution in [0, 0.1) is 6.92 Å². The molecule has 0 aliphatic heterocycles. The van der Waals surface area contributed by atoms with E-state index in [-0.39, 0.29) is 0 Å². The third-order valence-electron chi connectivity index (χ3n) is 7.63. The van der Waals surface area contributed by atoms with Crippen LogP contribution in [-0.2, 0) is 13.2 Å². The van der Waals surface area contributed by atoms with Crippen LogP contribution in [0.2, 0.25) is 0 Å². The maximum Gasteiger partial charge on any atom is 0.131 e. The number of benzene rings is 7. The lowest BCUT2D eigenvalue weighted by atomic mass is 10.2. The van der Waals surface area contributed by atoms with Crippen molar-refractivity contribution < 1.29 is 28.4 Å². The average molecular weight is 673 g/mol. The van der Waals surface area contributed by atoms with Crippen LogP contribution >= 0.6 is 0 Å². The molecule has 7 aromatic carbocycles. The summed E-state index contributed by atoms with van der Waals surface area (Å²) < 4.78 is 37.3. The van der Waals surface area contributed by atoms with Gasteiger partial charge in [0.15, 0.2) is 0 Å². The lowest BCUT2D eigenvalue weighted by Gasteiger charge is -2.15. The molecule has 252 valence electrons. The summed E-state index contributed by atoms with van der Waals surface area (Å²) in [6.07, 6.45) is 0. The Morgan fingerprint density at radius 3 is 0.863 bits per heavy atom. The molecule has 6 nitrogen and oxygen atoms in total. The molecule has 0 radical (unpaired) electrons. The summed E-state index contributed by atoms with van der Waals surface area (Å²) >= 11 is 0. The van der Waals surface area contributed by atoms with E-state index in [9.17, 15) is 0 Å². The smallest absolute Gasteiger partial charge is 0.131 e. The number of ether oxygens (including phenoxy) is 6. The monoisotopic (exact) mass is 672 g/mol. The Morgan fingerprint density at radius 1 is 0.294 bits per heavy atom. The molecule has 0 aliphatic carbocycles. The predicted octanol–water partition coefficient (Wildman–Crippen LogP) is 12.3. The van der Waals surface area contributed by atoms with E-state index in [0.717, 1.165) is 39.7 Å². The first-order valence-electron chi connectivity index (χ1n) is 16.7. The van der Waals surface area contributed by atoms with Gasteiger partial charge < -0.3 is 28.4 Å². The molecular weight excluding hydrogens is 636 g/mol. The minimum absolute atomic E-state index is 0.291. The summed E-state index contributed by atoms with van der Waals surface area (Å²) in [7, 11) is 0. The molecule has 0 amide bonds. The summed E-state index contributed by atoms with van der Waals surface area (Å²) in [6, 6.07) is 56.1. The second kappa shape index (κ2) is 16.2. The van der Waals surface area contributed by atoms with E-state index in [1.165, 1.54) is 0 Å². The number of aryl methyl sites for hydroxylation is 1. The van der Waals surface area contributed by atoms with E-state index >= 15 is 0 Å². The van der Waals surface area contributed by atoms with E-state index in [0.29, 0.717) is 47.7 Å². The van der Waals surface area contributed by atoms with Crippen LogP contribution in [0.4, 0.5) is 0 Å². The number of para-hydroxylation sites is 4. The Morgan fingerprint density at radius 2 is 0.569 bits per heavy atom. The van der Waals surface area contributed by atoms with Gasteiger partial charge in [-0.3, -0.25) is 0 Å².